The molecule has 0 radical (unpaired) electrons. The summed E-state index contributed by atoms with van der Waals surface area (Å²) in [7, 11) is 0. The van der Waals surface area contributed by atoms with E-state index in [1.807, 2.05) is 31.2 Å². The topological polar surface area (TPSA) is 66.4 Å². The molecule has 0 heterocycles. The van der Waals surface area contributed by atoms with Gasteiger partial charge in [-0.15, -0.1) is 0 Å². The quantitative estimate of drug-likeness (QED) is 0.833. The Kier molecular flexibility index (Phi) is 5.62. The molecular weight excluding hydrogens is 346 g/mol. The highest BCUT2D eigenvalue weighted by molar-refractivity contribution is 9.10. The van der Waals surface area contributed by atoms with Gasteiger partial charge in [0.2, 0.25) is 5.91 Å². The smallest absolute Gasteiger partial charge is 0.311 e. The van der Waals surface area contributed by atoms with E-state index >= 15 is 0 Å². The molecule has 1 saturated carbocycles. The summed E-state index contributed by atoms with van der Waals surface area (Å²) in [6.45, 7) is 2.06. The van der Waals surface area contributed by atoms with E-state index in [2.05, 4.69) is 21.2 Å². The Balaban J connectivity index is 1.98. The Hall–Kier alpha value is -1.36. The number of carboxylic acids is 1. The highest BCUT2D eigenvalue weighted by Gasteiger charge is 2.40. The third kappa shape index (κ3) is 3.88. The minimum Gasteiger partial charge on any atom is -0.481 e. The number of benzene rings is 1. The van der Waals surface area contributed by atoms with Gasteiger partial charge in [0.25, 0.3) is 0 Å². The monoisotopic (exact) mass is 367 g/mol. The van der Waals surface area contributed by atoms with Crippen LogP contribution < -0.4 is 5.32 Å². The number of amides is 1. The van der Waals surface area contributed by atoms with Gasteiger partial charge in [-0.05, 0) is 37.5 Å². The van der Waals surface area contributed by atoms with Crippen molar-refractivity contribution in [3.8, 4) is 0 Å². The van der Waals surface area contributed by atoms with Crippen LogP contribution in [0.4, 0.5) is 0 Å². The summed E-state index contributed by atoms with van der Waals surface area (Å²) in [6, 6.07) is 7.61. The number of aliphatic carboxylic acids is 1. The first-order chi connectivity index (χ1) is 10.4. The molecule has 0 bridgehead atoms. The molecule has 1 atom stereocenters. The Labute approximate surface area is 139 Å². The molecule has 1 aromatic carbocycles. The SMILES string of the molecule is CC(C(=O)NCC1(C(=O)O)CCCCC1)c1ccc(Br)cc1. The summed E-state index contributed by atoms with van der Waals surface area (Å²) in [5, 5.41) is 12.4. The van der Waals surface area contributed by atoms with Gasteiger partial charge in [0, 0.05) is 11.0 Å². The number of carbonyl (C=O) groups excluding carboxylic acids is 1. The molecule has 2 rings (SSSR count). The Morgan fingerprint density at radius 2 is 1.82 bits per heavy atom. The van der Waals surface area contributed by atoms with Crippen molar-refractivity contribution in [2.45, 2.75) is 44.9 Å². The van der Waals surface area contributed by atoms with Gasteiger partial charge in [0.15, 0.2) is 0 Å². The van der Waals surface area contributed by atoms with Gasteiger partial charge in [-0.2, -0.15) is 0 Å². The zero-order chi connectivity index (χ0) is 16.2. The highest BCUT2D eigenvalue weighted by Crippen LogP contribution is 2.36. The normalized spacial score (nSPS) is 18.5. The summed E-state index contributed by atoms with van der Waals surface area (Å²) in [6.07, 6.45) is 4.22. The van der Waals surface area contributed by atoms with E-state index < -0.39 is 11.4 Å². The van der Waals surface area contributed by atoms with Crippen LogP contribution >= 0.6 is 15.9 Å². The van der Waals surface area contributed by atoms with Gasteiger partial charge in [-0.1, -0.05) is 47.3 Å². The fourth-order valence-corrected chi connectivity index (χ4v) is 3.27. The largest absolute Gasteiger partial charge is 0.481 e. The molecular formula is C17H22BrNO3. The van der Waals surface area contributed by atoms with Crippen molar-refractivity contribution in [2.24, 2.45) is 5.41 Å². The molecule has 2 N–H and O–H groups in total. The van der Waals surface area contributed by atoms with Gasteiger partial charge >= 0.3 is 5.97 Å². The molecule has 1 aliphatic rings. The van der Waals surface area contributed by atoms with E-state index in [0.29, 0.717) is 12.8 Å². The lowest BCUT2D eigenvalue weighted by Gasteiger charge is -2.33. The highest BCUT2D eigenvalue weighted by atomic mass is 79.9. The third-order valence-electron chi connectivity index (χ3n) is 4.63. The van der Waals surface area contributed by atoms with Crippen molar-refractivity contribution in [1.29, 1.82) is 0 Å². The second kappa shape index (κ2) is 7.27. The average molecular weight is 368 g/mol. The van der Waals surface area contributed by atoms with Crippen molar-refractivity contribution in [3.05, 3.63) is 34.3 Å². The molecule has 4 nitrogen and oxygen atoms in total. The molecule has 0 aliphatic heterocycles. The number of halogens is 1. The van der Waals surface area contributed by atoms with Crippen LogP contribution in [0.25, 0.3) is 0 Å². The summed E-state index contributed by atoms with van der Waals surface area (Å²) in [4.78, 5) is 23.9. The number of hydrogen-bond acceptors (Lipinski definition) is 2. The van der Waals surface area contributed by atoms with Crippen molar-refractivity contribution >= 4 is 27.8 Å². The number of carbonyl (C=O) groups is 2. The first kappa shape index (κ1) is 17.0. The summed E-state index contributed by atoms with van der Waals surface area (Å²) in [5.74, 6) is -1.19. The van der Waals surface area contributed by atoms with E-state index in [1.165, 1.54) is 0 Å². The fourth-order valence-electron chi connectivity index (χ4n) is 3.01. The molecule has 0 saturated heterocycles. The van der Waals surface area contributed by atoms with Gasteiger partial charge in [0.05, 0.1) is 11.3 Å². The third-order valence-corrected chi connectivity index (χ3v) is 5.16. The average Bonchev–Trinajstić information content (AvgIpc) is 2.53. The standard InChI is InChI=1S/C17H22BrNO3/c1-12(13-5-7-14(18)8-6-13)15(20)19-11-17(16(21)22)9-3-2-4-10-17/h5-8,12H,2-4,9-11H2,1H3,(H,19,20)(H,21,22). The maximum atomic E-state index is 12.3. The first-order valence-corrected chi connectivity index (χ1v) is 8.50. The zero-order valence-corrected chi connectivity index (χ0v) is 14.4. The van der Waals surface area contributed by atoms with Crippen LogP contribution in [0.5, 0.6) is 0 Å². The van der Waals surface area contributed by atoms with Crippen LogP contribution in [-0.2, 0) is 9.59 Å². The Morgan fingerprint density at radius 3 is 2.36 bits per heavy atom. The molecule has 1 unspecified atom stereocenters. The van der Waals surface area contributed by atoms with Gasteiger partial charge in [0.1, 0.15) is 0 Å². The van der Waals surface area contributed by atoms with Crippen LogP contribution in [-0.4, -0.2) is 23.5 Å². The maximum absolute atomic E-state index is 12.3. The molecule has 5 heteroatoms. The predicted molar refractivity (Wildman–Crippen MR) is 88.7 cm³/mol. The van der Waals surface area contributed by atoms with Crippen LogP contribution in [0, 0.1) is 5.41 Å². The van der Waals surface area contributed by atoms with Crippen LogP contribution in [0.3, 0.4) is 0 Å². The Bertz CT molecular complexity index is 535. The van der Waals surface area contributed by atoms with Crippen molar-refractivity contribution in [3.63, 3.8) is 0 Å². The van der Waals surface area contributed by atoms with Crippen molar-refractivity contribution in [2.75, 3.05) is 6.54 Å². The summed E-state index contributed by atoms with van der Waals surface area (Å²) < 4.78 is 0.968. The lowest BCUT2D eigenvalue weighted by atomic mass is 9.74. The number of carboxylic acid groups (broad SMARTS) is 1. The van der Waals surface area contributed by atoms with Gasteiger partial charge < -0.3 is 10.4 Å². The first-order valence-electron chi connectivity index (χ1n) is 7.71. The second-order valence-electron chi connectivity index (χ2n) is 6.14. The lowest BCUT2D eigenvalue weighted by Crippen LogP contribution is -2.45. The second-order valence-corrected chi connectivity index (χ2v) is 7.05. The van der Waals surface area contributed by atoms with Gasteiger partial charge in [-0.3, -0.25) is 9.59 Å². The molecule has 120 valence electrons. The number of nitrogens with one attached hydrogen (secondary N) is 1. The van der Waals surface area contributed by atoms with Crippen molar-refractivity contribution < 1.29 is 14.7 Å². The van der Waals surface area contributed by atoms with Gasteiger partial charge in [-0.25, -0.2) is 0 Å². The molecule has 1 aromatic rings. The van der Waals surface area contributed by atoms with E-state index in [4.69, 9.17) is 0 Å². The van der Waals surface area contributed by atoms with E-state index in [9.17, 15) is 14.7 Å². The maximum Gasteiger partial charge on any atom is 0.311 e. The van der Waals surface area contributed by atoms with E-state index in [-0.39, 0.29) is 18.4 Å². The zero-order valence-electron chi connectivity index (χ0n) is 12.8. The van der Waals surface area contributed by atoms with Crippen LogP contribution in [0.15, 0.2) is 28.7 Å². The molecule has 1 amide bonds. The van der Waals surface area contributed by atoms with E-state index in [1.54, 1.807) is 0 Å². The molecule has 0 aromatic heterocycles. The molecule has 22 heavy (non-hydrogen) atoms. The van der Waals surface area contributed by atoms with Crippen LogP contribution in [0.1, 0.15) is 50.5 Å². The van der Waals surface area contributed by atoms with E-state index in [0.717, 1.165) is 29.3 Å². The summed E-state index contributed by atoms with van der Waals surface area (Å²) in [5.41, 5.74) is 0.140. The van der Waals surface area contributed by atoms with Crippen molar-refractivity contribution in [1.82, 2.24) is 5.32 Å². The lowest BCUT2D eigenvalue weighted by molar-refractivity contribution is -0.151. The molecule has 0 spiro atoms. The fraction of sp³-hybridized carbons (Fsp3) is 0.529. The number of rotatable bonds is 5. The minimum atomic E-state index is -0.788. The molecule has 1 aliphatic carbocycles. The minimum absolute atomic E-state index is 0.117. The Morgan fingerprint density at radius 1 is 1.23 bits per heavy atom. The predicted octanol–water partition coefficient (Wildman–Crippen LogP) is 3.70. The van der Waals surface area contributed by atoms with Crippen LogP contribution in [0.2, 0.25) is 0 Å². The summed E-state index contributed by atoms with van der Waals surface area (Å²) >= 11 is 3.37. The molecule has 1 fully saturated rings. The number of hydrogen-bond donors (Lipinski definition) is 2.